The van der Waals surface area contributed by atoms with Crippen LogP contribution in [0.15, 0.2) is 12.1 Å². The molecule has 0 unspecified atom stereocenters. The molecule has 0 saturated heterocycles. The van der Waals surface area contributed by atoms with E-state index in [1.165, 1.54) is 11.0 Å². The molecule has 2 rings (SSSR count). The summed E-state index contributed by atoms with van der Waals surface area (Å²) in [6, 6.07) is 2.40. The zero-order valence-electron chi connectivity index (χ0n) is 9.42. The maximum Gasteiger partial charge on any atom is 0.265 e. The van der Waals surface area contributed by atoms with Crippen molar-refractivity contribution in [3.05, 3.63) is 12.1 Å². The molecular formula is C11H12N2O5. The number of hydrogen-bond donors (Lipinski definition) is 3. The minimum Gasteiger partial charge on any atom is -0.508 e. The summed E-state index contributed by atoms with van der Waals surface area (Å²) < 4.78 is 5.09. The lowest BCUT2D eigenvalue weighted by Gasteiger charge is -2.29. The number of phenols is 2. The number of rotatable bonds is 3. The number of carbonyl (C=O) groups excluding carboxylic acids is 2. The lowest BCUT2D eigenvalue weighted by Crippen LogP contribution is -2.40. The Bertz CT molecular complexity index is 514. The summed E-state index contributed by atoms with van der Waals surface area (Å²) in [5.74, 6) is -1.26. The van der Waals surface area contributed by atoms with Crippen LogP contribution in [0.4, 0.5) is 5.69 Å². The fraction of sp³-hybridized carbons (Fsp3) is 0.273. The van der Waals surface area contributed by atoms with E-state index in [2.05, 4.69) is 0 Å². The first-order chi connectivity index (χ1) is 8.49. The molecule has 1 aliphatic heterocycles. The van der Waals surface area contributed by atoms with Gasteiger partial charge in [0.2, 0.25) is 5.91 Å². The average Bonchev–Trinajstić information content (AvgIpc) is 2.26. The molecule has 0 atom stereocenters. The highest BCUT2D eigenvalue weighted by molar-refractivity contribution is 5.99. The molecule has 1 aromatic rings. The molecule has 0 aliphatic carbocycles. The van der Waals surface area contributed by atoms with Crippen LogP contribution in [0.5, 0.6) is 17.2 Å². The van der Waals surface area contributed by atoms with Crippen molar-refractivity contribution >= 4 is 17.5 Å². The first kappa shape index (κ1) is 12.0. The number of benzene rings is 1. The van der Waals surface area contributed by atoms with Gasteiger partial charge in [0.15, 0.2) is 18.1 Å². The Morgan fingerprint density at radius 3 is 2.83 bits per heavy atom. The summed E-state index contributed by atoms with van der Waals surface area (Å²) in [4.78, 5) is 23.7. The second-order valence-corrected chi connectivity index (χ2v) is 3.86. The molecule has 0 radical (unpaired) electrons. The predicted octanol–water partition coefficient (Wildman–Crippen LogP) is -0.301. The van der Waals surface area contributed by atoms with Crippen LogP contribution in [-0.2, 0) is 9.59 Å². The molecular weight excluding hydrogens is 240 g/mol. The molecule has 2 amide bonds. The molecule has 96 valence electrons. The Balaban J connectivity index is 2.37. The lowest BCUT2D eigenvalue weighted by molar-refractivity contribution is -0.121. The fourth-order valence-corrected chi connectivity index (χ4v) is 1.75. The summed E-state index contributed by atoms with van der Waals surface area (Å²) in [7, 11) is 0. The Labute approximate surface area is 102 Å². The van der Waals surface area contributed by atoms with Crippen molar-refractivity contribution in [1.82, 2.24) is 0 Å². The standard InChI is InChI=1S/C11H12N2O5/c12-9(16)1-2-13-7-3-6(14)4-8(15)11(7)18-5-10(13)17/h3-4,14-15H,1-2,5H2,(H2,12,16). The zero-order valence-corrected chi connectivity index (χ0v) is 9.42. The van der Waals surface area contributed by atoms with Crippen LogP contribution in [0.25, 0.3) is 0 Å². The Morgan fingerprint density at radius 1 is 1.44 bits per heavy atom. The monoisotopic (exact) mass is 252 g/mol. The smallest absolute Gasteiger partial charge is 0.265 e. The highest BCUT2D eigenvalue weighted by atomic mass is 16.5. The van der Waals surface area contributed by atoms with Gasteiger partial charge in [-0.3, -0.25) is 9.59 Å². The first-order valence-corrected chi connectivity index (χ1v) is 5.26. The molecule has 0 aromatic heterocycles. The van der Waals surface area contributed by atoms with E-state index >= 15 is 0 Å². The molecule has 7 nitrogen and oxygen atoms in total. The summed E-state index contributed by atoms with van der Waals surface area (Å²) in [6.45, 7) is -0.155. The number of phenolic OH excluding ortho intramolecular Hbond substituents is 2. The van der Waals surface area contributed by atoms with Crippen LogP contribution in [0.3, 0.4) is 0 Å². The summed E-state index contributed by atoms with van der Waals surface area (Å²) in [6.07, 6.45) is -0.0123. The largest absolute Gasteiger partial charge is 0.508 e. The normalized spacial score (nSPS) is 14.0. The van der Waals surface area contributed by atoms with Crippen molar-refractivity contribution in [1.29, 1.82) is 0 Å². The van der Waals surface area contributed by atoms with Gasteiger partial charge in [0.1, 0.15) is 5.75 Å². The third-order valence-electron chi connectivity index (χ3n) is 2.55. The number of amides is 2. The number of nitrogens with two attached hydrogens (primary N) is 1. The van der Waals surface area contributed by atoms with E-state index in [1.807, 2.05) is 0 Å². The van der Waals surface area contributed by atoms with Crippen molar-refractivity contribution in [3.63, 3.8) is 0 Å². The van der Waals surface area contributed by atoms with Gasteiger partial charge in [-0.15, -0.1) is 0 Å². The van der Waals surface area contributed by atoms with Crippen LogP contribution in [0, 0.1) is 0 Å². The van der Waals surface area contributed by atoms with Gasteiger partial charge in [0.05, 0.1) is 5.69 Å². The van der Waals surface area contributed by atoms with Crippen LogP contribution in [0.2, 0.25) is 0 Å². The number of anilines is 1. The molecule has 1 aromatic carbocycles. The topological polar surface area (TPSA) is 113 Å². The van der Waals surface area contributed by atoms with E-state index in [-0.39, 0.29) is 48.4 Å². The molecule has 0 saturated carbocycles. The minimum absolute atomic E-state index is 0.0123. The number of ether oxygens (including phenoxy) is 1. The van der Waals surface area contributed by atoms with Crippen molar-refractivity contribution in [3.8, 4) is 17.2 Å². The van der Waals surface area contributed by atoms with E-state index in [4.69, 9.17) is 10.5 Å². The summed E-state index contributed by atoms with van der Waals surface area (Å²) >= 11 is 0. The molecule has 1 heterocycles. The second kappa shape index (κ2) is 4.44. The van der Waals surface area contributed by atoms with Gasteiger partial charge >= 0.3 is 0 Å². The summed E-state index contributed by atoms with van der Waals surface area (Å²) in [5, 5.41) is 19.0. The number of nitrogens with zero attached hydrogens (tertiary/aromatic N) is 1. The van der Waals surface area contributed by atoms with Gasteiger partial charge in [-0.25, -0.2) is 0 Å². The molecule has 1 aliphatic rings. The zero-order chi connectivity index (χ0) is 13.3. The third-order valence-corrected chi connectivity index (χ3v) is 2.55. The first-order valence-electron chi connectivity index (χ1n) is 5.26. The van der Waals surface area contributed by atoms with Gasteiger partial charge in [-0.05, 0) is 0 Å². The molecule has 7 heteroatoms. The lowest BCUT2D eigenvalue weighted by atomic mass is 10.2. The van der Waals surface area contributed by atoms with Crippen molar-refractivity contribution in [2.75, 3.05) is 18.1 Å². The quantitative estimate of drug-likeness (QED) is 0.683. The number of primary amides is 1. The molecule has 18 heavy (non-hydrogen) atoms. The van der Waals surface area contributed by atoms with Crippen LogP contribution < -0.4 is 15.4 Å². The number of carbonyl (C=O) groups is 2. The van der Waals surface area contributed by atoms with Crippen LogP contribution in [0.1, 0.15) is 6.42 Å². The minimum atomic E-state index is -0.541. The van der Waals surface area contributed by atoms with Crippen LogP contribution in [-0.4, -0.2) is 35.2 Å². The van der Waals surface area contributed by atoms with Crippen LogP contribution >= 0.6 is 0 Å². The highest BCUT2D eigenvalue weighted by Gasteiger charge is 2.28. The van der Waals surface area contributed by atoms with E-state index in [1.54, 1.807) is 0 Å². The van der Waals surface area contributed by atoms with Gasteiger partial charge in [-0.2, -0.15) is 0 Å². The Kier molecular flexibility index (Phi) is 2.97. The van der Waals surface area contributed by atoms with Gasteiger partial charge in [-0.1, -0.05) is 0 Å². The number of fused-ring (bicyclic) bond motifs is 1. The summed E-state index contributed by atoms with van der Waals surface area (Å²) in [5.41, 5.74) is 5.25. The maximum absolute atomic E-state index is 11.7. The molecule has 0 spiro atoms. The van der Waals surface area contributed by atoms with E-state index < -0.39 is 5.91 Å². The van der Waals surface area contributed by atoms with Crippen molar-refractivity contribution in [2.24, 2.45) is 5.73 Å². The second-order valence-electron chi connectivity index (χ2n) is 3.86. The SMILES string of the molecule is NC(=O)CCN1C(=O)COc2c(O)cc(O)cc21. The fourth-order valence-electron chi connectivity index (χ4n) is 1.75. The van der Waals surface area contributed by atoms with E-state index in [0.29, 0.717) is 0 Å². The number of aromatic hydroxyl groups is 2. The van der Waals surface area contributed by atoms with Gasteiger partial charge in [0, 0.05) is 25.1 Å². The maximum atomic E-state index is 11.7. The Morgan fingerprint density at radius 2 is 2.17 bits per heavy atom. The van der Waals surface area contributed by atoms with Crippen molar-refractivity contribution in [2.45, 2.75) is 6.42 Å². The Hall–Kier alpha value is -2.44. The third kappa shape index (κ3) is 2.15. The predicted molar refractivity (Wildman–Crippen MR) is 61.4 cm³/mol. The number of hydrogen-bond acceptors (Lipinski definition) is 5. The van der Waals surface area contributed by atoms with Crippen molar-refractivity contribution < 1.29 is 24.5 Å². The van der Waals surface area contributed by atoms with Gasteiger partial charge in [0.25, 0.3) is 5.91 Å². The molecule has 0 bridgehead atoms. The van der Waals surface area contributed by atoms with E-state index in [9.17, 15) is 19.8 Å². The van der Waals surface area contributed by atoms with E-state index in [0.717, 1.165) is 6.07 Å². The molecule has 4 N–H and O–H groups in total. The van der Waals surface area contributed by atoms with Gasteiger partial charge < -0.3 is 25.6 Å². The average molecular weight is 252 g/mol. The highest BCUT2D eigenvalue weighted by Crippen LogP contribution is 2.42. The molecule has 0 fully saturated rings.